The molecule has 0 amide bonds. The maximum absolute atomic E-state index is 13.0. The molecule has 0 saturated heterocycles. The molecule has 0 aromatic carbocycles. The predicted molar refractivity (Wildman–Crippen MR) is 77.6 cm³/mol. The van der Waals surface area contributed by atoms with Crippen LogP contribution in [-0.4, -0.2) is 14.5 Å². The van der Waals surface area contributed by atoms with Crippen LogP contribution in [0.2, 0.25) is 0 Å². The average molecular weight is 309 g/mol. The van der Waals surface area contributed by atoms with E-state index in [0.717, 1.165) is 24.7 Å². The highest BCUT2D eigenvalue weighted by molar-refractivity contribution is 5.59. The van der Waals surface area contributed by atoms with Gasteiger partial charge in [0.05, 0.1) is 11.3 Å². The van der Waals surface area contributed by atoms with Gasteiger partial charge in [0.25, 0.3) is 0 Å². The molecule has 2 aromatic heterocycles. The summed E-state index contributed by atoms with van der Waals surface area (Å²) in [6.45, 7) is 5.45. The number of rotatable bonds is 3. The molecule has 0 spiro atoms. The third kappa shape index (κ3) is 2.74. The standard InChI is InChI=1S/C16H18F3N3/c1-9(2)15-21-14(8-22(15)12-4-5-12)11-6-13(16(17,18)19)10(3)20-7-11/h6-9,12H,4-5H2,1-3H3. The molecule has 2 heterocycles. The molecule has 1 aliphatic carbocycles. The van der Waals surface area contributed by atoms with Gasteiger partial charge in [-0.3, -0.25) is 4.98 Å². The van der Waals surface area contributed by atoms with E-state index < -0.39 is 11.7 Å². The number of imidazole rings is 1. The summed E-state index contributed by atoms with van der Waals surface area (Å²) < 4.78 is 41.2. The number of pyridine rings is 1. The minimum atomic E-state index is -4.40. The van der Waals surface area contributed by atoms with Crippen LogP contribution in [0.25, 0.3) is 11.3 Å². The third-order valence-corrected chi connectivity index (χ3v) is 3.91. The molecule has 3 rings (SSSR count). The number of halogens is 3. The lowest BCUT2D eigenvalue weighted by Crippen LogP contribution is -2.09. The monoisotopic (exact) mass is 309 g/mol. The van der Waals surface area contributed by atoms with Crippen LogP contribution in [0.5, 0.6) is 0 Å². The maximum Gasteiger partial charge on any atom is 0.418 e. The number of alkyl halides is 3. The summed E-state index contributed by atoms with van der Waals surface area (Å²) in [5.41, 5.74) is 0.270. The van der Waals surface area contributed by atoms with Gasteiger partial charge in [0, 0.05) is 35.6 Å². The van der Waals surface area contributed by atoms with Gasteiger partial charge in [-0.2, -0.15) is 13.2 Å². The van der Waals surface area contributed by atoms with Crippen LogP contribution in [0.1, 0.15) is 55.7 Å². The summed E-state index contributed by atoms with van der Waals surface area (Å²) in [6, 6.07) is 1.59. The van der Waals surface area contributed by atoms with Gasteiger partial charge in [-0.1, -0.05) is 13.8 Å². The van der Waals surface area contributed by atoms with Gasteiger partial charge < -0.3 is 4.57 Å². The van der Waals surface area contributed by atoms with Crippen LogP contribution in [0.3, 0.4) is 0 Å². The third-order valence-electron chi connectivity index (χ3n) is 3.91. The number of hydrogen-bond acceptors (Lipinski definition) is 2. The van der Waals surface area contributed by atoms with Crippen molar-refractivity contribution >= 4 is 0 Å². The number of aromatic nitrogens is 3. The molecule has 0 atom stereocenters. The first-order valence-electron chi connectivity index (χ1n) is 7.40. The van der Waals surface area contributed by atoms with Crippen LogP contribution in [0.4, 0.5) is 13.2 Å². The van der Waals surface area contributed by atoms with Crippen molar-refractivity contribution in [1.29, 1.82) is 0 Å². The van der Waals surface area contributed by atoms with Gasteiger partial charge in [-0.25, -0.2) is 4.98 Å². The predicted octanol–water partition coefficient (Wildman–Crippen LogP) is 4.73. The molecule has 0 aliphatic heterocycles. The van der Waals surface area contributed by atoms with Crippen LogP contribution in [0, 0.1) is 6.92 Å². The second-order valence-electron chi connectivity index (χ2n) is 6.13. The van der Waals surface area contributed by atoms with E-state index in [-0.39, 0.29) is 11.6 Å². The normalized spacial score (nSPS) is 15.6. The average Bonchev–Trinajstić information content (AvgIpc) is 3.17. The van der Waals surface area contributed by atoms with Crippen molar-refractivity contribution in [2.45, 2.75) is 51.7 Å². The van der Waals surface area contributed by atoms with Crippen molar-refractivity contribution in [3.05, 3.63) is 35.5 Å². The summed E-state index contributed by atoms with van der Waals surface area (Å²) in [5, 5.41) is 0. The Kier molecular flexibility index (Phi) is 3.50. The quantitative estimate of drug-likeness (QED) is 0.820. The van der Waals surface area contributed by atoms with Gasteiger partial charge >= 0.3 is 6.18 Å². The first-order chi connectivity index (χ1) is 10.3. The fraction of sp³-hybridized carbons (Fsp3) is 0.500. The molecule has 118 valence electrons. The first-order valence-corrected chi connectivity index (χ1v) is 7.40. The van der Waals surface area contributed by atoms with E-state index in [4.69, 9.17) is 0 Å². The van der Waals surface area contributed by atoms with E-state index in [9.17, 15) is 13.2 Å². The fourth-order valence-electron chi connectivity index (χ4n) is 2.58. The Hall–Kier alpha value is -1.85. The molecule has 0 unspecified atom stereocenters. The van der Waals surface area contributed by atoms with Crippen molar-refractivity contribution < 1.29 is 13.2 Å². The Labute approximate surface area is 127 Å². The van der Waals surface area contributed by atoms with Crippen molar-refractivity contribution in [3.8, 4) is 11.3 Å². The summed E-state index contributed by atoms with van der Waals surface area (Å²) in [5.74, 6) is 1.15. The summed E-state index contributed by atoms with van der Waals surface area (Å²) in [6.07, 6.45) is 1.14. The molecule has 0 radical (unpaired) electrons. The fourth-order valence-corrected chi connectivity index (χ4v) is 2.58. The number of aryl methyl sites for hydroxylation is 1. The maximum atomic E-state index is 13.0. The number of hydrogen-bond donors (Lipinski definition) is 0. The molecular formula is C16H18F3N3. The molecular weight excluding hydrogens is 291 g/mol. The highest BCUT2D eigenvalue weighted by Crippen LogP contribution is 2.39. The first kappa shape index (κ1) is 15.1. The lowest BCUT2D eigenvalue weighted by molar-refractivity contribution is -0.138. The van der Waals surface area contributed by atoms with Gasteiger partial charge in [-0.05, 0) is 25.8 Å². The topological polar surface area (TPSA) is 30.7 Å². The molecule has 6 heteroatoms. The Morgan fingerprint density at radius 3 is 2.50 bits per heavy atom. The zero-order valence-electron chi connectivity index (χ0n) is 12.8. The molecule has 1 fully saturated rings. The largest absolute Gasteiger partial charge is 0.418 e. The van der Waals surface area contributed by atoms with Crippen LogP contribution in [0.15, 0.2) is 18.5 Å². The van der Waals surface area contributed by atoms with Crippen molar-refractivity contribution in [2.24, 2.45) is 0 Å². The molecule has 2 aromatic rings. The SMILES string of the molecule is Cc1ncc(-c2cn(C3CC3)c(C(C)C)n2)cc1C(F)(F)F. The second-order valence-corrected chi connectivity index (χ2v) is 6.13. The summed E-state index contributed by atoms with van der Waals surface area (Å²) in [7, 11) is 0. The minimum Gasteiger partial charge on any atom is -0.331 e. The van der Waals surface area contributed by atoms with Gasteiger partial charge in [0.15, 0.2) is 0 Å². The van der Waals surface area contributed by atoms with Crippen molar-refractivity contribution in [3.63, 3.8) is 0 Å². The van der Waals surface area contributed by atoms with E-state index in [2.05, 4.69) is 14.5 Å². The van der Waals surface area contributed by atoms with E-state index >= 15 is 0 Å². The summed E-state index contributed by atoms with van der Waals surface area (Å²) in [4.78, 5) is 8.45. The Bertz CT molecular complexity index is 678. The summed E-state index contributed by atoms with van der Waals surface area (Å²) >= 11 is 0. The molecule has 1 saturated carbocycles. The lowest BCUT2D eigenvalue weighted by Gasteiger charge is -2.10. The van der Waals surface area contributed by atoms with Gasteiger partial charge in [0.2, 0.25) is 0 Å². The van der Waals surface area contributed by atoms with E-state index in [1.54, 1.807) is 0 Å². The zero-order valence-corrected chi connectivity index (χ0v) is 12.8. The lowest BCUT2D eigenvalue weighted by atomic mass is 10.1. The van der Waals surface area contributed by atoms with E-state index in [1.807, 2.05) is 20.0 Å². The van der Waals surface area contributed by atoms with Crippen LogP contribution < -0.4 is 0 Å². The van der Waals surface area contributed by atoms with Gasteiger partial charge in [0.1, 0.15) is 5.82 Å². The Morgan fingerprint density at radius 2 is 1.95 bits per heavy atom. The smallest absolute Gasteiger partial charge is 0.331 e. The Balaban J connectivity index is 2.06. The zero-order chi connectivity index (χ0) is 16.1. The molecule has 1 aliphatic rings. The van der Waals surface area contributed by atoms with E-state index in [1.165, 1.54) is 13.1 Å². The molecule has 22 heavy (non-hydrogen) atoms. The molecule has 0 N–H and O–H groups in total. The molecule has 0 bridgehead atoms. The minimum absolute atomic E-state index is 0.0121. The van der Waals surface area contributed by atoms with Crippen LogP contribution >= 0.6 is 0 Å². The second kappa shape index (κ2) is 5.11. The molecule has 3 nitrogen and oxygen atoms in total. The van der Waals surface area contributed by atoms with Gasteiger partial charge in [-0.15, -0.1) is 0 Å². The highest BCUT2D eigenvalue weighted by Gasteiger charge is 2.34. The number of nitrogens with zero attached hydrogens (tertiary/aromatic N) is 3. The van der Waals surface area contributed by atoms with Crippen molar-refractivity contribution in [2.75, 3.05) is 0 Å². The van der Waals surface area contributed by atoms with E-state index in [0.29, 0.717) is 17.3 Å². The van der Waals surface area contributed by atoms with Crippen molar-refractivity contribution in [1.82, 2.24) is 14.5 Å². The Morgan fingerprint density at radius 1 is 1.27 bits per heavy atom. The highest BCUT2D eigenvalue weighted by atomic mass is 19.4. The van der Waals surface area contributed by atoms with Crippen LogP contribution in [-0.2, 0) is 6.18 Å².